The number of esters is 1. The van der Waals surface area contributed by atoms with Gasteiger partial charge in [0.05, 0.1) is 27.0 Å². The zero-order valence-electron chi connectivity index (χ0n) is 13.5. The molecule has 8 heteroatoms. The molecule has 1 fully saturated rings. The molecular weight excluding hydrogens is 304 g/mol. The number of nitrogens with one attached hydrogen (secondary N) is 1. The average Bonchev–Trinajstić information content (AvgIpc) is 2.91. The van der Waals surface area contributed by atoms with Crippen LogP contribution in [0.25, 0.3) is 0 Å². The fourth-order valence-electron chi connectivity index (χ4n) is 2.49. The molecule has 0 saturated carbocycles. The normalized spacial score (nSPS) is 20.3. The van der Waals surface area contributed by atoms with Crippen LogP contribution in [-0.4, -0.2) is 51.0 Å². The molecule has 1 amide bonds. The Hall–Kier alpha value is -2.48. The summed E-state index contributed by atoms with van der Waals surface area (Å²) in [5.41, 5.74) is 1.89. The van der Waals surface area contributed by atoms with Crippen molar-refractivity contribution < 1.29 is 28.5 Å². The van der Waals surface area contributed by atoms with Gasteiger partial charge in [-0.15, -0.1) is 0 Å². The zero-order chi connectivity index (χ0) is 17.0. The van der Waals surface area contributed by atoms with Crippen LogP contribution in [0.15, 0.2) is 18.2 Å². The van der Waals surface area contributed by atoms with Crippen LogP contribution >= 0.6 is 0 Å². The Morgan fingerprint density at radius 3 is 2.52 bits per heavy atom. The van der Waals surface area contributed by atoms with Crippen molar-refractivity contribution in [3.8, 4) is 11.5 Å². The van der Waals surface area contributed by atoms with Gasteiger partial charge in [0, 0.05) is 26.0 Å². The van der Waals surface area contributed by atoms with Gasteiger partial charge in [-0.1, -0.05) is 0 Å². The molecule has 126 valence electrons. The monoisotopic (exact) mass is 324 g/mol. The standard InChI is InChI=1S/C15H20N2O6/c1-20-10-5-6-11(12(9-10)21-2)16-17-13(18)7-8-15(17,23-4)14(19)22-3/h5-6,9,16H,7-8H2,1-4H3/t15-/m0/s1. The maximum Gasteiger partial charge on any atom is 0.361 e. The molecule has 1 aromatic carbocycles. The van der Waals surface area contributed by atoms with E-state index < -0.39 is 11.7 Å². The number of methoxy groups -OCH3 is 4. The molecule has 1 atom stereocenters. The zero-order valence-corrected chi connectivity index (χ0v) is 13.5. The first kappa shape index (κ1) is 16.9. The fourth-order valence-corrected chi connectivity index (χ4v) is 2.49. The van der Waals surface area contributed by atoms with E-state index in [4.69, 9.17) is 18.9 Å². The van der Waals surface area contributed by atoms with E-state index in [1.165, 1.54) is 21.3 Å². The first-order valence-electron chi connectivity index (χ1n) is 6.97. The Bertz CT molecular complexity index is 606. The van der Waals surface area contributed by atoms with E-state index in [2.05, 4.69) is 5.43 Å². The van der Waals surface area contributed by atoms with Gasteiger partial charge < -0.3 is 18.9 Å². The average molecular weight is 324 g/mol. The predicted octanol–water partition coefficient (Wildman–Crippen LogP) is 1.17. The minimum absolute atomic E-state index is 0.161. The molecule has 0 radical (unpaired) electrons. The van der Waals surface area contributed by atoms with Crippen LogP contribution in [0.5, 0.6) is 11.5 Å². The van der Waals surface area contributed by atoms with Crippen LogP contribution in [0.4, 0.5) is 5.69 Å². The molecule has 23 heavy (non-hydrogen) atoms. The maximum atomic E-state index is 12.2. The van der Waals surface area contributed by atoms with E-state index >= 15 is 0 Å². The Kier molecular flexibility index (Phi) is 4.95. The second kappa shape index (κ2) is 6.74. The van der Waals surface area contributed by atoms with Gasteiger partial charge in [0.1, 0.15) is 11.5 Å². The van der Waals surface area contributed by atoms with E-state index in [0.29, 0.717) is 17.2 Å². The summed E-state index contributed by atoms with van der Waals surface area (Å²) in [5.74, 6) is 0.131. The van der Waals surface area contributed by atoms with Crippen molar-refractivity contribution >= 4 is 17.6 Å². The summed E-state index contributed by atoms with van der Waals surface area (Å²) in [7, 11) is 5.64. The van der Waals surface area contributed by atoms with Crippen molar-refractivity contribution in [2.45, 2.75) is 18.6 Å². The molecule has 1 heterocycles. The largest absolute Gasteiger partial charge is 0.497 e. The van der Waals surface area contributed by atoms with Crippen LogP contribution in [0, 0.1) is 0 Å². The van der Waals surface area contributed by atoms with Crippen molar-refractivity contribution in [2.75, 3.05) is 33.9 Å². The highest BCUT2D eigenvalue weighted by molar-refractivity contribution is 5.91. The Morgan fingerprint density at radius 2 is 1.96 bits per heavy atom. The summed E-state index contributed by atoms with van der Waals surface area (Å²) in [6.45, 7) is 0. The molecule has 1 saturated heterocycles. The summed E-state index contributed by atoms with van der Waals surface area (Å²) >= 11 is 0. The molecule has 8 nitrogen and oxygen atoms in total. The lowest BCUT2D eigenvalue weighted by molar-refractivity contribution is -0.187. The highest BCUT2D eigenvalue weighted by atomic mass is 16.6. The van der Waals surface area contributed by atoms with Gasteiger partial charge in [-0.25, -0.2) is 9.80 Å². The number of hydrogen-bond acceptors (Lipinski definition) is 7. The lowest BCUT2D eigenvalue weighted by atomic mass is 10.1. The quantitative estimate of drug-likeness (QED) is 0.786. The molecule has 0 unspecified atom stereocenters. The van der Waals surface area contributed by atoms with Crippen LogP contribution in [0.2, 0.25) is 0 Å². The van der Waals surface area contributed by atoms with Crippen LogP contribution in [-0.2, 0) is 19.1 Å². The third-order valence-corrected chi connectivity index (χ3v) is 3.77. The van der Waals surface area contributed by atoms with E-state index in [9.17, 15) is 9.59 Å². The number of hydrogen-bond donors (Lipinski definition) is 1. The molecule has 1 aromatic rings. The van der Waals surface area contributed by atoms with Gasteiger partial charge in [0.25, 0.3) is 5.72 Å². The van der Waals surface area contributed by atoms with Crippen LogP contribution in [0.1, 0.15) is 12.8 Å². The minimum Gasteiger partial charge on any atom is -0.497 e. The first-order valence-corrected chi connectivity index (χ1v) is 6.97. The van der Waals surface area contributed by atoms with Crippen molar-refractivity contribution in [3.05, 3.63) is 18.2 Å². The maximum absolute atomic E-state index is 12.2. The molecule has 1 aliphatic rings. The third kappa shape index (κ3) is 2.89. The first-order chi connectivity index (χ1) is 11.0. The lowest BCUT2D eigenvalue weighted by Crippen LogP contribution is -2.56. The third-order valence-electron chi connectivity index (χ3n) is 3.77. The van der Waals surface area contributed by atoms with Gasteiger partial charge in [0.2, 0.25) is 5.91 Å². The van der Waals surface area contributed by atoms with Gasteiger partial charge in [-0.05, 0) is 12.1 Å². The summed E-state index contributed by atoms with van der Waals surface area (Å²) in [6.07, 6.45) is 0.356. The van der Waals surface area contributed by atoms with Crippen molar-refractivity contribution in [3.63, 3.8) is 0 Å². The molecule has 2 rings (SSSR count). The predicted molar refractivity (Wildman–Crippen MR) is 81.0 cm³/mol. The molecule has 1 N–H and O–H groups in total. The number of nitrogens with zero attached hydrogens (tertiary/aromatic N) is 1. The number of hydrazine groups is 1. The van der Waals surface area contributed by atoms with Crippen LogP contribution < -0.4 is 14.9 Å². The number of rotatable bonds is 6. The number of benzene rings is 1. The highest BCUT2D eigenvalue weighted by Gasteiger charge is 2.54. The number of carbonyl (C=O) groups is 2. The van der Waals surface area contributed by atoms with Gasteiger partial charge in [-0.2, -0.15) is 0 Å². The highest BCUT2D eigenvalue weighted by Crippen LogP contribution is 2.36. The smallest absolute Gasteiger partial charge is 0.361 e. The van der Waals surface area contributed by atoms with E-state index in [1.54, 1.807) is 25.3 Å². The molecular formula is C15H20N2O6. The van der Waals surface area contributed by atoms with E-state index in [1.807, 2.05) is 0 Å². The number of carbonyl (C=O) groups excluding carboxylic acids is 2. The van der Waals surface area contributed by atoms with E-state index in [0.717, 1.165) is 5.01 Å². The Balaban J connectivity index is 2.36. The van der Waals surface area contributed by atoms with Crippen LogP contribution in [0.3, 0.4) is 0 Å². The number of anilines is 1. The second-order valence-electron chi connectivity index (χ2n) is 4.89. The molecule has 1 aliphatic heterocycles. The van der Waals surface area contributed by atoms with E-state index in [-0.39, 0.29) is 18.7 Å². The summed E-state index contributed by atoms with van der Waals surface area (Å²) in [4.78, 5) is 24.3. The molecule has 0 aliphatic carbocycles. The number of amides is 1. The topological polar surface area (TPSA) is 86.3 Å². The van der Waals surface area contributed by atoms with Gasteiger partial charge >= 0.3 is 5.97 Å². The fraction of sp³-hybridized carbons (Fsp3) is 0.467. The van der Waals surface area contributed by atoms with Crippen molar-refractivity contribution in [1.29, 1.82) is 0 Å². The lowest BCUT2D eigenvalue weighted by Gasteiger charge is -2.34. The Morgan fingerprint density at radius 1 is 1.22 bits per heavy atom. The van der Waals surface area contributed by atoms with Gasteiger partial charge in [0.15, 0.2) is 0 Å². The summed E-state index contributed by atoms with van der Waals surface area (Å²) in [5, 5.41) is 1.14. The van der Waals surface area contributed by atoms with Crippen molar-refractivity contribution in [1.82, 2.24) is 5.01 Å². The van der Waals surface area contributed by atoms with Gasteiger partial charge in [-0.3, -0.25) is 10.2 Å². The summed E-state index contributed by atoms with van der Waals surface area (Å²) < 4.78 is 20.5. The van der Waals surface area contributed by atoms with Crippen molar-refractivity contribution in [2.24, 2.45) is 0 Å². The molecule has 0 aromatic heterocycles. The molecule has 0 spiro atoms. The minimum atomic E-state index is -1.50. The molecule has 0 bridgehead atoms. The summed E-state index contributed by atoms with van der Waals surface area (Å²) in [6, 6.07) is 5.05. The SMILES string of the molecule is COC(=O)[C@@]1(OC)CCC(=O)N1Nc1ccc(OC)cc1OC. The number of ether oxygens (including phenoxy) is 4. The second-order valence-corrected chi connectivity index (χ2v) is 4.89. The Labute approximate surface area is 134 Å².